The summed E-state index contributed by atoms with van der Waals surface area (Å²) in [5.41, 5.74) is 1.03. The number of β-amino-alcohol motifs (C(OH)–C–C–N with tert-alkyl or cyclic N) is 1. The highest BCUT2D eigenvalue weighted by molar-refractivity contribution is 6.30. The van der Waals surface area contributed by atoms with Crippen LogP contribution in [0.1, 0.15) is 25.3 Å². The third kappa shape index (κ3) is 7.92. The van der Waals surface area contributed by atoms with E-state index in [0.29, 0.717) is 31.4 Å². The smallest absolute Gasteiger partial charge is 0.309 e. The van der Waals surface area contributed by atoms with E-state index in [1.807, 2.05) is 31.2 Å². The van der Waals surface area contributed by atoms with Crippen molar-refractivity contribution in [2.45, 2.75) is 32.5 Å². The van der Waals surface area contributed by atoms with E-state index in [1.54, 1.807) is 0 Å². The van der Waals surface area contributed by atoms with Crippen LogP contribution in [-0.4, -0.2) is 54.9 Å². The maximum atomic E-state index is 11.7. The van der Waals surface area contributed by atoms with Crippen LogP contribution in [0, 0.1) is 5.92 Å². The highest BCUT2D eigenvalue weighted by Crippen LogP contribution is 2.19. The van der Waals surface area contributed by atoms with Gasteiger partial charge in [-0.1, -0.05) is 23.7 Å². The second-order valence-electron chi connectivity index (χ2n) is 6.12. The number of hydrogen-bond donors (Lipinski definition) is 1. The Bertz CT molecular complexity index is 504. The van der Waals surface area contributed by atoms with Crippen LogP contribution in [0.5, 0.6) is 0 Å². The van der Waals surface area contributed by atoms with Gasteiger partial charge in [-0.15, -0.1) is 12.4 Å². The van der Waals surface area contributed by atoms with Gasteiger partial charge in [0.25, 0.3) is 0 Å². The van der Waals surface area contributed by atoms with Gasteiger partial charge in [-0.2, -0.15) is 0 Å². The van der Waals surface area contributed by atoms with Crippen molar-refractivity contribution in [2.75, 3.05) is 32.8 Å². The Balaban J connectivity index is 0.00000312. The van der Waals surface area contributed by atoms with Crippen LogP contribution < -0.4 is 0 Å². The van der Waals surface area contributed by atoms with Gasteiger partial charge in [0.15, 0.2) is 0 Å². The van der Waals surface area contributed by atoms with Crippen molar-refractivity contribution < 1.29 is 19.4 Å². The molecule has 1 aliphatic heterocycles. The second-order valence-corrected chi connectivity index (χ2v) is 6.56. The van der Waals surface area contributed by atoms with E-state index in [9.17, 15) is 9.90 Å². The number of ether oxygens (including phenoxy) is 2. The average Bonchev–Trinajstić information content (AvgIpc) is 2.57. The minimum absolute atomic E-state index is 0. The molecule has 0 spiro atoms. The normalized spacial score (nSPS) is 16.9. The highest BCUT2D eigenvalue weighted by atomic mass is 35.5. The first-order valence-electron chi connectivity index (χ1n) is 8.47. The molecule has 7 heteroatoms. The molecule has 1 aromatic carbocycles. The van der Waals surface area contributed by atoms with Crippen LogP contribution in [0.25, 0.3) is 0 Å². The molecule has 1 aliphatic rings. The molecular weight excluding hydrogens is 365 g/mol. The zero-order chi connectivity index (χ0) is 17.4. The summed E-state index contributed by atoms with van der Waals surface area (Å²) < 4.78 is 10.6. The molecule has 0 aliphatic carbocycles. The predicted molar refractivity (Wildman–Crippen MR) is 100 cm³/mol. The van der Waals surface area contributed by atoms with Crippen LogP contribution >= 0.6 is 24.0 Å². The van der Waals surface area contributed by atoms with Gasteiger partial charge < -0.3 is 19.5 Å². The molecule has 2 rings (SSSR count). The molecule has 142 valence electrons. The van der Waals surface area contributed by atoms with E-state index in [4.69, 9.17) is 21.1 Å². The van der Waals surface area contributed by atoms with E-state index < -0.39 is 6.10 Å². The van der Waals surface area contributed by atoms with Gasteiger partial charge in [0.2, 0.25) is 0 Å². The Labute approximate surface area is 160 Å². The number of carbonyl (C=O) groups excluding carboxylic acids is 1. The maximum absolute atomic E-state index is 11.7. The third-order valence-corrected chi connectivity index (χ3v) is 4.42. The van der Waals surface area contributed by atoms with Crippen LogP contribution in [0.4, 0.5) is 0 Å². The molecule has 25 heavy (non-hydrogen) atoms. The second kappa shape index (κ2) is 11.7. The number of esters is 1. The van der Waals surface area contributed by atoms with Crippen molar-refractivity contribution in [2.24, 2.45) is 5.92 Å². The molecule has 1 aromatic rings. The largest absolute Gasteiger partial charge is 0.466 e. The molecule has 1 atom stereocenters. The lowest BCUT2D eigenvalue weighted by Gasteiger charge is -2.32. The summed E-state index contributed by atoms with van der Waals surface area (Å²) in [6.07, 6.45) is 1.05. The molecule has 1 saturated heterocycles. The van der Waals surface area contributed by atoms with Crippen LogP contribution in [-0.2, 0) is 20.9 Å². The standard InChI is InChI=1S/C18H26ClNO4.ClH/c1-2-24-18(22)15-7-9-20(10-8-15)11-17(21)13-23-12-14-3-5-16(19)6-4-14;/h3-6,15,17,21H,2,7-13H2,1H3;1H. The number of piperidine rings is 1. The van der Waals surface area contributed by atoms with Crippen LogP contribution in [0.2, 0.25) is 5.02 Å². The third-order valence-electron chi connectivity index (χ3n) is 4.17. The number of aliphatic hydroxyl groups excluding tert-OH is 1. The van der Waals surface area contributed by atoms with Gasteiger partial charge in [-0.05, 0) is 50.6 Å². The monoisotopic (exact) mass is 391 g/mol. The van der Waals surface area contributed by atoms with Gasteiger partial charge >= 0.3 is 5.97 Å². The number of nitrogens with zero attached hydrogens (tertiary/aromatic N) is 1. The number of carbonyl (C=O) groups is 1. The number of aliphatic hydroxyl groups is 1. The first kappa shape index (κ1) is 22.2. The molecule has 1 N–H and O–H groups in total. The summed E-state index contributed by atoms with van der Waals surface area (Å²) in [7, 11) is 0. The number of hydrogen-bond acceptors (Lipinski definition) is 5. The van der Waals surface area contributed by atoms with Gasteiger partial charge in [0.1, 0.15) is 0 Å². The van der Waals surface area contributed by atoms with Gasteiger partial charge in [-0.3, -0.25) is 4.79 Å². The molecule has 0 aromatic heterocycles. The Morgan fingerprint density at radius 1 is 1.32 bits per heavy atom. The fourth-order valence-corrected chi connectivity index (χ4v) is 2.98. The molecular formula is C18H27Cl2NO4. The lowest BCUT2D eigenvalue weighted by Crippen LogP contribution is -2.41. The molecule has 0 amide bonds. The van der Waals surface area contributed by atoms with Crippen molar-refractivity contribution in [1.82, 2.24) is 4.90 Å². The molecule has 0 radical (unpaired) electrons. The quantitative estimate of drug-likeness (QED) is 0.690. The minimum Gasteiger partial charge on any atom is -0.466 e. The fraction of sp³-hybridized carbons (Fsp3) is 0.611. The Morgan fingerprint density at radius 2 is 1.96 bits per heavy atom. The Hall–Kier alpha value is -0.850. The lowest BCUT2D eigenvalue weighted by molar-refractivity contribution is -0.149. The van der Waals surface area contributed by atoms with Crippen LogP contribution in [0.3, 0.4) is 0 Å². The molecule has 1 heterocycles. The Morgan fingerprint density at radius 3 is 2.56 bits per heavy atom. The van der Waals surface area contributed by atoms with Crippen molar-refractivity contribution in [1.29, 1.82) is 0 Å². The SMILES string of the molecule is CCOC(=O)C1CCN(CC(O)COCc2ccc(Cl)cc2)CC1.Cl. The van der Waals surface area contributed by atoms with E-state index in [2.05, 4.69) is 4.90 Å². The number of benzene rings is 1. The van der Waals surface area contributed by atoms with Gasteiger partial charge in [0, 0.05) is 11.6 Å². The molecule has 1 fully saturated rings. The summed E-state index contributed by atoms with van der Waals surface area (Å²) in [5, 5.41) is 10.8. The zero-order valence-corrected chi connectivity index (χ0v) is 16.1. The van der Waals surface area contributed by atoms with Crippen molar-refractivity contribution in [3.8, 4) is 0 Å². The predicted octanol–water partition coefficient (Wildman–Crippen LogP) is 2.91. The fourth-order valence-electron chi connectivity index (χ4n) is 2.86. The minimum atomic E-state index is -0.531. The molecule has 5 nitrogen and oxygen atoms in total. The maximum Gasteiger partial charge on any atom is 0.309 e. The molecule has 0 saturated carbocycles. The van der Waals surface area contributed by atoms with E-state index in [1.165, 1.54) is 0 Å². The number of rotatable bonds is 8. The number of halogens is 2. The van der Waals surface area contributed by atoms with E-state index in [0.717, 1.165) is 31.5 Å². The topological polar surface area (TPSA) is 59.0 Å². The summed E-state index contributed by atoms with van der Waals surface area (Å²) in [4.78, 5) is 13.9. The van der Waals surface area contributed by atoms with Crippen molar-refractivity contribution in [3.63, 3.8) is 0 Å². The van der Waals surface area contributed by atoms with E-state index in [-0.39, 0.29) is 24.3 Å². The lowest BCUT2D eigenvalue weighted by atomic mass is 9.97. The van der Waals surface area contributed by atoms with Gasteiger partial charge in [0.05, 0.1) is 31.8 Å². The summed E-state index contributed by atoms with van der Waals surface area (Å²) in [6.45, 7) is 5.18. The average molecular weight is 392 g/mol. The van der Waals surface area contributed by atoms with Crippen molar-refractivity contribution in [3.05, 3.63) is 34.9 Å². The van der Waals surface area contributed by atoms with Crippen LogP contribution in [0.15, 0.2) is 24.3 Å². The number of likely N-dealkylation sites (tertiary alicyclic amines) is 1. The van der Waals surface area contributed by atoms with Gasteiger partial charge in [-0.25, -0.2) is 0 Å². The molecule has 0 bridgehead atoms. The Kier molecular flexibility index (Phi) is 10.4. The van der Waals surface area contributed by atoms with E-state index >= 15 is 0 Å². The first-order chi connectivity index (χ1) is 11.6. The summed E-state index contributed by atoms with van der Waals surface area (Å²) in [6, 6.07) is 7.47. The first-order valence-corrected chi connectivity index (χ1v) is 8.85. The zero-order valence-electron chi connectivity index (χ0n) is 14.5. The highest BCUT2D eigenvalue weighted by Gasteiger charge is 2.26. The summed E-state index contributed by atoms with van der Waals surface area (Å²) in [5.74, 6) is -0.0940. The summed E-state index contributed by atoms with van der Waals surface area (Å²) >= 11 is 5.84. The molecule has 1 unspecified atom stereocenters. The van der Waals surface area contributed by atoms with Crippen molar-refractivity contribution >= 4 is 30.0 Å².